The lowest BCUT2D eigenvalue weighted by Gasteiger charge is -2.11. The van der Waals surface area contributed by atoms with Crippen molar-refractivity contribution in [1.29, 1.82) is 0 Å². The Morgan fingerprint density at radius 3 is 2.56 bits per heavy atom. The van der Waals surface area contributed by atoms with Gasteiger partial charge in [0.05, 0.1) is 6.10 Å². The van der Waals surface area contributed by atoms with Crippen LogP contribution in [0.2, 0.25) is 0 Å². The van der Waals surface area contributed by atoms with Gasteiger partial charge in [0.1, 0.15) is 0 Å². The van der Waals surface area contributed by atoms with Crippen LogP contribution in [0.15, 0.2) is 27.6 Å². The van der Waals surface area contributed by atoms with Crippen LogP contribution in [0, 0.1) is 5.92 Å². The fraction of sp³-hybridized carbons (Fsp3) is 0.538. The van der Waals surface area contributed by atoms with Crippen molar-refractivity contribution in [3.8, 4) is 0 Å². The molecule has 0 radical (unpaired) electrons. The third-order valence-corrected chi connectivity index (χ3v) is 4.66. The van der Waals surface area contributed by atoms with Crippen LogP contribution in [0.5, 0.6) is 0 Å². The Hall–Kier alpha value is 0.01000. The summed E-state index contributed by atoms with van der Waals surface area (Å²) in [6, 6.07) is 6.17. The smallest absolute Gasteiger partial charge is 0.0772 e. The maximum Gasteiger partial charge on any atom is 0.0772 e. The van der Waals surface area contributed by atoms with Gasteiger partial charge in [-0.25, -0.2) is 0 Å². The van der Waals surface area contributed by atoms with E-state index in [1.807, 2.05) is 17.8 Å². The lowest BCUT2D eigenvalue weighted by molar-refractivity contribution is 0.198. The number of halogens is 1. The molecule has 0 heterocycles. The standard InChI is InChI=1S/C13H19BrOS/c1-4-9(2)8-16-11-5-6-12(10(3)15)13(14)7-11/h5-7,9-10,15H,4,8H2,1-3H3. The molecule has 0 fully saturated rings. The van der Waals surface area contributed by atoms with Crippen molar-refractivity contribution in [3.05, 3.63) is 28.2 Å². The van der Waals surface area contributed by atoms with Crippen LogP contribution in [0.3, 0.4) is 0 Å². The maximum absolute atomic E-state index is 9.51. The molecule has 0 aliphatic carbocycles. The quantitative estimate of drug-likeness (QED) is 0.800. The Morgan fingerprint density at radius 2 is 2.06 bits per heavy atom. The summed E-state index contributed by atoms with van der Waals surface area (Å²) in [6.45, 7) is 6.27. The van der Waals surface area contributed by atoms with E-state index >= 15 is 0 Å². The Morgan fingerprint density at radius 1 is 1.38 bits per heavy atom. The molecule has 90 valence electrons. The number of rotatable bonds is 5. The van der Waals surface area contributed by atoms with Crippen molar-refractivity contribution in [3.63, 3.8) is 0 Å². The first-order chi connectivity index (χ1) is 7.54. The number of hydrogen-bond acceptors (Lipinski definition) is 2. The minimum Gasteiger partial charge on any atom is -0.389 e. The molecule has 1 aromatic carbocycles. The van der Waals surface area contributed by atoms with Crippen LogP contribution < -0.4 is 0 Å². The monoisotopic (exact) mass is 302 g/mol. The van der Waals surface area contributed by atoms with Gasteiger partial charge in [0.25, 0.3) is 0 Å². The summed E-state index contributed by atoms with van der Waals surface area (Å²) in [5.74, 6) is 1.90. The molecule has 0 saturated heterocycles. The average molecular weight is 303 g/mol. The first-order valence-electron chi connectivity index (χ1n) is 5.64. The van der Waals surface area contributed by atoms with E-state index in [9.17, 15) is 5.11 Å². The lowest BCUT2D eigenvalue weighted by Crippen LogP contribution is -1.96. The highest BCUT2D eigenvalue weighted by Crippen LogP contribution is 2.29. The Balaban J connectivity index is 2.66. The molecule has 0 saturated carbocycles. The molecular formula is C13H19BrOS. The third-order valence-electron chi connectivity index (χ3n) is 2.65. The molecule has 0 bridgehead atoms. The van der Waals surface area contributed by atoms with Gasteiger partial charge in [-0.1, -0.05) is 42.3 Å². The van der Waals surface area contributed by atoms with Gasteiger partial charge in [-0.2, -0.15) is 0 Å². The van der Waals surface area contributed by atoms with E-state index in [-0.39, 0.29) is 0 Å². The predicted molar refractivity (Wildman–Crippen MR) is 75.0 cm³/mol. The summed E-state index contributed by atoms with van der Waals surface area (Å²) in [6.07, 6.45) is 0.808. The zero-order chi connectivity index (χ0) is 12.1. The van der Waals surface area contributed by atoms with E-state index < -0.39 is 6.10 Å². The highest BCUT2D eigenvalue weighted by Gasteiger charge is 2.07. The lowest BCUT2D eigenvalue weighted by atomic mass is 10.1. The molecule has 1 nitrogen and oxygen atoms in total. The minimum absolute atomic E-state index is 0.414. The van der Waals surface area contributed by atoms with Crippen LogP contribution in [0.1, 0.15) is 38.9 Å². The summed E-state index contributed by atoms with van der Waals surface area (Å²) < 4.78 is 0.997. The van der Waals surface area contributed by atoms with Crippen molar-refractivity contribution in [2.75, 3.05) is 5.75 Å². The molecule has 3 heteroatoms. The molecule has 0 aliphatic rings. The molecule has 2 unspecified atom stereocenters. The molecule has 1 N–H and O–H groups in total. The van der Waals surface area contributed by atoms with Gasteiger partial charge < -0.3 is 5.11 Å². The summed E-state index contributed by atoms with van der Waals surface area (Å²) in [4.78, 5) is 1.26. The summed E-state index contributed by atoms with van der Waals surface area (Å²) in [5, 5.41) is 9.51. The fourth-order valence-electron chi connectivity index (χ4n) is 1.29. The molecule has 0 spiro atoms. The van der Waals surface area contributed by atoms with Crippen molar-refractivity contribution in [2.24, 2.45) is 5.92 Å². The van der Waals surface area contributed by atoms with E-state index in [0.717, 1.165) is 21.7 Å². The molecule has 0 aliphatic heterocycles. The first-order valence-corrected chi connectivity index (χ1v) is 7.42. The van der Waals surface area contributed by atoms with Gasteiger partial charge in [-0.05, 0) is 30.5 Å². The molecule has 1 rings (SSSR count). The number of benzene rings is 1. The van der Waals surface area contributed by atoms with E-state index in [4.69, 9.17) is 0 Å². The third kappa shape index (κ3) is 4.11. The summed E-state index contributed by atoms with van der Waals surface area (Å²) in [7, 11) is 0. The normalized spacial score (nSPS) is 14.8. The van der Waals surface area contributed by atoms with Gasteiger partial charge in [0.2, 0.25) is 0 Å². The fourth-order valence-corrected chi connectivity index (χ4v) is 3.23. The Kier molecular flexibility index (Phi) is 5.87. The van der Waals surface area contributed by atoms with Crippen molar-refractivity contribution in [1.82, 2.24) is 0 Å². The van der Waals surface area contributed by atoms with Gasteiger partial charge in [-0.3, -0.25) is 0 Å². The van der Waals surface area contributed by atoms with Crippen molar-refractivity contribution >= 4 is 27.7 Å². The van der Waals surface area contributed by atoms with E-state index in [1.54, 1.807) is 6.92 Å². The topological polar surface area (TPSA) is 20.2 Å². The van der Waals surface area contributed by atoms with E-state index in [0.29, 0.717) is 0 Å². The van der Waals surface area contributed by atoms with Crippen LogP contribution in [-0.4, -0.2) is 10.9 Å². The van der Waals surface area contributed by atoms with E-state index in [2.05, 4.69) is 41.9 Å². The van der Waals surface area contributed by atoms with Crippen LogP contribution >= 0.6 is 27.7 Å². The molecule has 16 heavy (non-hydrogen) atoms. The number of hydrogen-bond donors (Lipinski definition) is 1. The first kappa shape index (κ1) is 14.1. The predicted octanol–water partition coefficient (Wildman–Crippen LogP) is 4.64. The van der Waals surface area contributed by atoms with Crippen LogP contribution in [0.4, 0.5) is 0 Å². The van der Waals surface area contributed by atoms with Gasteiger partial charge in [0, 0.05) is 15.1 Å². The van der Waals surface area contributed by atoms with Gasteiger partial charge >= 0.3 is 0 Å². The number of thioether (sulfide) groups is 1. The second-order valence-electron chi connectivity index (χ2n) is 4.18. The summed E-state index contributed by atoms with van der Waals surface area (Å²) >= 11 is 5.37. The molecule has 0 aromatic heterocycles. The molecule has 1 aromatic rings. The maximum atomic E-state index is 9.51. The molecular weight excluding hydrogens is 284 g/mol. The second kappa shape index (κ2) is 6.67. The number of aliphatic hydroxyl groups is 1. The number of aliphatic hydroxyl groups excluding tert-OH is 1. The van der Waals surface area contributed by atoms with Crippen molar-refractivity contribution in [2.45, 2.75) is 38.2 Å². The second-order valence-corrected chi connectivity index (χ2v) is 6.13. The van der Waals surface area contributed by atoms with Gasteiger partial charge in [-0.15, -0.1) is 11.8 Å². The van der Waals surface area contributed by atoms with Gasteiger partial charge in [0.15, 0.2) is 0 Å². The van der Waals surface area contributed by atoms with E-state index in [1.165, 1.54) is 11.3 Å². The molecule has 0 amide bonds. The van der Waals surface area contributed by atoms with Crippen LogP contribution in [0.25, 0.3) is 0 Å². The minimum atomic E-state index is -0.414. The highest BCUT2D eigenvalue weighted by molar-refractivity contribution is 9.10. The average Bonchev–Trinajstić information content (AvgIpc) is 2.25. The van der Waals surface area contributed by atoms with Crippen molar-refractivity contribution < 1.29 is 5.11 Å². The molecule has 2 atom stereocenters. The highest BCUT2D eigenvalue weighted by atomic mass is 79.9. The SMILES string of the molecule is CCC(C)CSc1ccc(C(C)O)c(Br)c1. The Labute approximate surface area is 111 Å². The zero-order valence-corrected chi connectivity index (χ0v) is 12.4. The van der Waals surface area contributed by atoms with Crippen LogP contribution in [-0.2, 0) is 0 Å². The summed E-state index contributed by atoms with van der Waals surface area (Å²) in [5.41, 5.74) is 0.952. The zero-order valence-electron chi connectivity index (χ0n) is 10.0. The largest absolute Gasteiger partial charge is 0.389 e. The Bertz CT molecular complexity index is 339.